The summed E-state index contributed by atoms with van der Waals surface area (Å²) in [6.07, 6.45) is 8.25. The molecule has 7 nitrogen and oxygen atoms in total. The molecule has 0 radical (unpaired) electrons. The standard InChI is InChI=1S/C22H24N4O3/c27-21(28)15-26-12-9-16-13-18(6-7-19(16)26)24-22(29)17-5-8-20(23-14-17)25-10-3-1-2-4-11-25/h5-9,12-14H,1-4,10-11,15H2,(H,24,29)(H,27,28). The molecule has 1 aliphatic heterocycles. The number of aromatic nitrogens is 2. The second-order valence-corrected chi connectivity index (χ2v) is 7.37. The molecule has 3 aromatic rings. The van der Waals surface area contributed by atoms with E-state index in [4.69, 9.17) is 5.11 Å². The van der Waals surface area contributed by atoms with Crippen LogP contribution in [0, 0.1) is 0 Å². The number of anilines is 2. The second-order valence-electron chi connectivity index (χ2n) is 7.37. The molecule has 0 aliphatic carbocycles. The first-order valence-electron chi connectivity index (χ1n) is 9.93. The van der Waals surface area contributed by atoms with Crippen molar-refractivity contribution >= 4 is 34.3 Å². The lowest BCUT2D eigenvalue weighted by atomic mass is 10.2. The molecule has 0 saturated carbocycles. The number of nitrogens with one attached hydrogen (secondary N) is 1. The van der Waals surface area contributed by atoms with Crippen LogP contribution in [-0.4, -0.2) is 39.6 Å². The Balaban J connectivity index is 1.45. The average Bonchev–Trinajstić information content (AvgIpc) is 2.92. The highest BCUT2D eigenvalue weighted by atomic mass is 16.4. The van der Waals surface area contributed by atoms with E-state index in [1.54, 1.807) is 23.0 Å². The smallest absolute Gasteiger partial charge is 0.323 e. The molecule has 7 heteroatoms. The average molecular weight is 392 g/mol. The third-order valence-corrected chi connectivity index (χ3v) is 5.27. The van der Waals surface area contributed by atoms with Gasteiger partial charge in [-0.25, -0.2) is 4.98 Å². The van der Waals surface area contributed by atoms with Gasteiger partial charge in [-0.05, 0) is 49.2 Å². The molecule has 0 bridgehead atoms. The topological polar surface area (TPSA) is 87.5 Å². The van der Waals surface area contributed by atoms with Crippen molar-refractivity contribution in [1.82, 2.24) is 9.55 Å². The molecule has 29 heavy (non-hydrogen) atoms. The van der Waals surface area contributed by atoms with Gasteiger partial charge in [0.2, 0.25) is 0 Å². The zero-order valence-electron chi connectivity index (χ0n) is 16.2. The lowest BCUT2D eigenvalue weighted by molar-refractivity contribution is -0.137. The van der Waals surface area contributed by atoms with Gasteiger partial charge in [-0.3, -0.25) is 9.59 Å². The van der Waals surface area contributed by atoms with Crippen molar-refractivity contribution < 1.29 is 14.7 Å². The van der Waals surface area contributed by atoms with E-state index in [-0.39, 0.29) is 12.5 Å². The van der Waals surface area contributed by atoms with Gasteiger partial charge in [0.1, 0.15) is 12.4 Å². The lowest BCUT2D eigenvalue weighted by Crippen LogP contribution is -2.25. The van der Waals surface area contributed by atoms with Crippen LogP contribution in [0.1, 0.15) is 36.0 Å². The van der Waals surface area contributed by atoms with Crippen LogP contribution in [0.5, 0.6) is 0 Å². The van der Waals surface area contributed by atoms with Crippen molar-refractivity contribution in [3.63, 3.8) is 0 Å². The van der Waals surface area contributed by atoms with Gasteiger partial charge in [-0.2, -0.15) is 0 Å². The minimum Gasteiger partial charge on any atom is -0.480 e. The molecular formula is C22H24N4O3. The number of pyridine rings is 1. The fourth-order valence-electron chi connectivity index (χ4n) is 3.77. The number of fused-ring (bicyclic) bond motifs is 1. The summed E-state index contributed by atoms with van der Waals surface area (Å²) >= 11 is 0. The predicted molar refractivity (Wildman–Crippen MR) is 112 cm³/mol. The van der Waals surface area contributed by atoms with E-state index >= 15 is 0 Å². The quantitative estimate of drug-likeness (QED) is 0.690. The number of hydrogen-bond acceptors (Lipinski definition) is 4. The molecule has 0 atom stereocenters. The molecule has 1 fully saturated rings. The van der Waals surface area contributed by atoms with Crippen LogP contribution in [-0.2, 0) is 11.3 Å². The van der Waals surface area contributed by atoms with E-state index in [0.29, 0.717) is 11.3 Å². The minimum absolute atomic E-state index is 0.0930. The van der Waals surface area contributed by atoms with E-state index in [1.165, 1.54) is 25.7 Å². The van der Waals surface area contributed by atoms with Gasteiger partial charge in [0.25, 0.3) is 5.91 Å². The molecule has 1 aliphatic rings. The third-order valence-electron chi connectivity index (χ3n) is 5.27. The molecular weight excluding hydrogens is 368 g/mol. The summed E-state index contributed by atoms with van der Waals surface area (Å²) in [5, 5.41) is 12.7. The SMILES string of the molecule is O=C(O)Cn1ccc2cc(NC(=O)c3ccc(N4CCCCCC4)nc3)ccc21. The van der Waals surface area contributed by atoms with E-state index in [2.05, 4.69) is 15.2 Å². The van der Waals surface area contributed by atoms with Crippen LogP contribution >= 0.6 is 0 Å². The maximum atomic E-state index is 12.6. The number of amides is 1. The number of carbonyl (C=O) groups excluding carboxylic acids is 1. The van der Waals surface area contributed by atoms with Gasteiger partial charge >= 0.3 is 5.97 Å². The van der Waals surface area contributed by atoms with E-state index in [1.807, 2.05) is 30.3 Å². The van der Waals surface area contributed by atoms with Crippen molar-refractivity contribution in [2.24, 2.45) is 0 Å². The number of carbonyl (C=O) groups is 2. The Morgan fingerprint density at radius 1 is 1.03 bits per heavy atom. The fourth-order valence-corrected chi connectivity index (χ4v) is 3.77. The molecule has 4 rings (SSSR count). The highest BCUT2D eigenvalue weighted by Gasteiger charge is 2.13. The number of rotatable bonds is 5. The molecule has 1 saturated heterocycles. The van der Waals surface area contributed by atoms with Gasteiger partial charge in [-0.15, -0.1) is 0 Å². The lowest BCUT2D eigenvalue weighted by Gasteiger charge is -2.21. The molecule has 3 heterocycles. The maximum Gasteiger partial charge on any atom is 0.323 e. The van der Waals surface area contributed by atoms with Crippen molar-refractivity contribution in [3.05, 3.63) is 54.4 Å². The van der Waals surface area contributed by atoms with Crippen LogP contribution in [0.2, 0.25) is 0 Å². The zero-order chi connectivity index (χ0) is 20.2. The normalized spacial score (nSPS) is 14.6. The minimum atomic E-state index is -0.893. The number of nitrogens with zero attached hydrogens (tertiary/aromatic N) is 3. The highest BCUT2D eigenvalue weighted by Crippen LogP contribution is 2.22. The van der Waals surface area contributed by atoms with E-state index < -0.39 is 5.97 Å². The highest BCUT2D eigenvalue weighted by molar-refractivity contribution is 6.05. The van der Waals surface area contributed by atoms with Crippen LogP contribution in [0.4, 0.5) is 11.5 Å². The Morgan fingerprint density at radius 2 is 1.83 bits per heavy atom. The Morgan fingerprint density at radius 3 is 2.52 bits per heavy atom. The number of carboxylic acid groups (broad SMARTS) is 1. The van der Waals surface area contributed by atoms with Crippen LogP contribution < -0.4 is 10.2 Å². The summed E-state index contributed by atoms with van der Waals surface area (Å²) in [5.74, 6) is -0.190. The Labute approximate surface area is 169 Å². The summed E-state index contributed by atoms with van der Waals surface area (Å²) in [4.78, 5) is 30.3. The number of benzene rings is 1. The van der Waals surface area contributed by atoms with E-state index in [9.17, 15) is 9.59 Å². The first-order chi connectivity index (χ1) is 14.1. The molecule has 150 valence electrons. The molecule has 1 amide bonds. The molecule has 2 aromatic heterocycles. The first kappa shape index (κ1) is 19.0. The third kappa shape index (κ3) is 4.39. The molecule has 1 aromatic carbocycles. The fraction of sp³-hybridized carbons (Fsp3) is 0.318. The van der Waals surface area contributed by atoms with Crippen molar-refractivity contribution in [1.29, 1.82) is 0 Å². The summed E-state index contributed by atoms with van der Waals surface area (Å²) in [6.45, 7) is 1.93. The van der Waals surface area contributed by atoms with Crippen molar-refractivity contribution in [3.8, 4) is 0 Å². The number of hydrogen-bond donors (Lipinski definition) is 2. The zero-order valence-corrected chi connectivity index (χ0v) is 16.2. The van der Waals surface area contributed by atoms with E-state index in [0.717, 1.165) is 29.8 Å². The monoisotopic (exact) mass is 392 g/mol. The molecule has 0 unspecified atom stereocenters. The van der Waals surface area contributed by atoms with Crippen LogP contribution in [0.3, 0.4) is 0 Å². The van der Waals surface area contributed by atoms with Gasteiger partial charge < -0.3 is 19.9 Å². The van der Waals surface area contributed by atoms with Crippen LogP contribution in [0.25, 0.3) is 10.9 Å². The number of carboxylic acids is 1. The second kappa shape index (κ2) is 8.34. The Hall–Kier alpha value is -3.35. The maximum absolute atomic E-state index is 12.6. The van der Waals surface area contributed by atoms with Crippen LogP contribution in [0.15, 0.2) is 48.8 Å². The number of aliphatic carboxylic acids is 1. The largest absolute Gasteiger partial charge is 0.480 e. The molecule has 2 N–H and O–H groups in total. The van der Waals surface area contributed by atoms with Gasteiger partial charge in [0.15, 0.2) is 0 Å². The van der Waals surface area contributed by atoms with Gasteiger partial charge in [0.05, 0.1) is 5.56 Å². The van der Waals surface area contributed by atoms with Gasteiger partial charge in [-0.1, -0.05) is 12.8 Å². The first-order valence-corrected chi connectivity index (χ1v) is 9.93. The van der Waals surface area contributed by atoms with Gasteiger partial charge in [0, 0.05) is 42.1 Å². The summed E-state index contributed by atoms with van der Waals surface area (Å²) in [6, 6.07) is 11.0. The van der Waals surface area contributed by atoms with Crippen molar-refractivity contribution in [2.45, 2.75) is 32.2 Å². The summed E-state index contributed by atoms with van der Waals surface area (Å²) in [5.41, 5.74) is 1.98. The van der Waals surface area contributed by atoms with Crippen molar-refractivity contribution in [2.75, 3.05) is 23.3 Å². The molecule has 0 spiro atoms. The Kier molecular flexibility index (Phi) is 5.46. The predicted octanol–water partition coefficient (Wildman–Crippen LogP) is 3.75. The summed E-state index contributed by atoms with van der Waals surface area (Å²) in [7, 11) is 0. The Bertz CT molecular complexity index is 1020. The summed E-state index contributed by atoms with van der Waals surface area (Å²) < 4.78 is 1.66.